The molecule has 0 saturated carbocycles. The average molecular weight is 702 g/mol. The third-order valence-corrected chi connectivity index (χ3v) is 8.02. The maximum absolute atomic E-state index is 13.1. The van der Waals surface area contributed by atoms with E-state index < -0.39 is 36.2 Å². The number of hydrogen-bond acceptors (Lipinski definition) is 10. The highest BCUT2D eigenvalue weighted by Gasteiger charge is 2.34. The summed E-state index contributed by atoms with van der Waals surface area (Å²) in [5.41, 5.74) is 5.33. The number of imide groups is 1. The van der Waals surface area contributed by atoms with Crippen LogP contribution in [0.2, 0.25) is 0 Å². The summed E-state index contributed by atoms with van der Waals surface area (Å²) in [5, 5.41) is 18.8. The Morgan fingerprint density at radius 3 is 1.33 bits per heavy atom. The van der Waals surface area contributed by atoms with Gasteiger partial charge >= 0.3 is 11.9 Å². The van der Waals surface area contributed by atoms with Gasteiger partial charge in [-0.1, -0.05) is 89.9 Å². The van der Waals surface area contributed by atoms with Crippen LogP contribution in [0, 0.1) is 0 Å². The topological polar surface area (TPSA) is 192 Å². The number of ether oxygens (including phenoxy) is 4. The molecule has 0 aromatic carbocycles. The highest BCUT2D eigenvalue weighted by atomic mass is 16.6. The van der Waals surface area contributed by atoms with Crippen LogP contribution in [0.4, 0.5) is 0 Å². The molecule has 4 N–H and O–H groups in total. The molecule has 285 valence electrons. The van der Waals surface area contributed by atoms with Crippen LogP contribution >= 0.6 is 0 Å². The Balaban J connectivity index is 4.25. The van der Waals surface area contributed by atoms with Crippen molar-refractivity contribution in [2.45, 2.75) is 141 Å². The largest absolute Gasteiger partial charge is 0.481 e. The minimum Gasteiger partial charge on any atom is -0.481 e. The van der Waals surface area contributed by atoms with Crippen LogP contribution in [-0.2, 0) is 42.9 Å². The molecule has 0 heterocycles. The van der Waals surface area contributed by atoms with Crippen molar-refractivity contribution in [3.63, 3.8) is 0 Å². The molecule has 0 spiro atoms. The standard InChI is InChI=1S/C36H65N2O11/c37-22-25-47-27-29-49-31-30-48-28-26-46-24-21-34(41)38(32(36(44)45)19-20-35(42)43)33(40)18-16-14-12-10-8-6-4-2-1-3-5-7-9-11-13-15-17-23-39/h32H,1-22,24-31,37H2,(H,42,43)(H,44,45)/t32-/m0/s1. The second-order valence-corrected chi connectivity index (χ2v) is 12.2. The van der Waals surface area contributed by atoms with Gasteiger partial charge in [0.05, 0.1) is 59.3 Å². The second-order valence-electron chi connectivity index (χ2n) is 12.2. The van der Waals surface area contributed by atoms with E-state index in [1.807, 2.05) is 6.29 Å². The smallest absolute Gasteiger partial charge is 0.326 e. The fourth-order valence-electron chi connectivity index (χ4n) is 5.30. The fraction of sp³-hybridized carbons (Fsp3) is 0.861. The summed E-state index contributed by atoms with van der Waals surface area (Å²) in [6, 6.07) is -1.54. The van der Waals surface area contributed by atoms with Crippen LogP contribution in [-0.4, -0.2) is 111 Å². The lowest BCUT2D eigenvalue weighted by Crippen LogP contribution is -2.49. The van der Waals surface area contributed by atoms with E-state index in [1.165, 1.54) is 57.8 Å². The van der Waals surface area contributed by atoms with E-state index in [9.17, 15) is 29.1 Å². The zero-order valence-electron chi connectivity index (χ0n) is 29.9. The number of nitrogens with two attached hydrogens (primary N) is 1. The van der Waals surface area contributed by atoms with Gasteiger partial charge in [0.25, 0.3) is 0 Å². The first-order valence-electron chi connectivity index (χ1n) is 18.5. The first-order chi connectivity index (χ1) is 23.8. The maximum atomic E-state index is 13.1. The molecule has 0 aliphatic carbocycles. The van der Waals surface area contributed by atoms with Crippen molar-refractivity contribution in [1.29, 1.82) is 0 Å². The van der Waals surface area contributed by atoms with Crippen LogP contribution in [0.1, 0.15) is 135 Å². The molecule has 0 aliphatic rings. The van der Waals surface area contributed by atoms with Gasteiger partial charge in [0, 0.05) is 25.8 Å². The zero-order chi connectivity index (χ0) is 36.2. The van der Waals surface area contributed by atoms with Gasteiger partial charge in [-0.3, -0.25) is 24.1 Å². The van der Waals surface area contributed by atoms with E-state index in [0.29, 0.717) is 52.4 Å². The summed E-state index contributed by atoms with van der Waals surface area (Å²) >= 11 is 0. The van der Waals surface area contributed by atoms with E-state index in [-0.39, 0.29) is 39.1 Å². The Labute approximate surface area is 293 Å². The number of carboxylic acid groups (broad SMARTS) is 2. The van der Waals surface area contributed by atoms with Crippen molar-refractivity contribution in [1.82, 2.24) is 4.90 Å². The van der Waals surface area contributed by atoms with Crippen molar-refractivity contribution in [3.05, 3.63) is 0 Å². The van der Waals surface area contributed by atoms with E-state index in [1.54, 1.807) is 0 Å². The molecule has 0 unspecified atom stereocenters. The quantitative estimate of drug-likeness (QED) is 0.0714. The number of carboxylic acids is 2. The van der Waals surface area contributed by atoms with Crippen molar-refractivity contribution in [3.8, 4) is 0 Å². The predicted octanol–water partition coefficient (Wildman–Crippen LogP) is 5.21. The number of unbranched alkanes of at least 4 members (excludes halogenated alkanes) is 16. The van der Waals surface area contributed by atoms with E-state index in [0.717, 1.165) is 43.4 Å². The molecule has 0 saturated heterocycles. The van der Waals surface area contributed by atoms with Gasteiger partial charge < -0.3 is 34.9 Å². The molecule has 49 heavy (non-hydrogen) atoms. The first-order valence-corrected chi connectivity index (χ1v) is 18.5. The Morgan fingerprint density at radius 2 is 0.918 bits per heavy atom. The molecule has 0 fully saturated rings. The third-order valence-electron chi connectivity index (χ3n) is 8.02. The van der Waals surface area contributed by atoms with E-state index >= 15 is 0 Å². The van der Waals surface area contributed by atoms with Gasteiger partial charge in [-0.15, -0.1) is 0 Å². The first kappa shape index (κ1) is 46.5. The summed E-state index contributed by atoms with van der Waals surface area (Å²) in [6.07, 6.45) is 19.3. The van der Waals surface area contributed by atoms with Crippen molar-refractivity contribution in [2.24, 2.45) is 5.73 Å². The number of hydrogen-bond donors (Lipinski definition) is 3. The number of aliphatic carboxylic acids is 2. The molecular weight excluding hydrogens is 636 g/mol. The van der Waals surface area contributed by atoms with E-state index in [4.69, 9.17) is 29.8 Å². The summed E-state index contributed by atoms with van der Waals surface area (Å²) in [4.78, 5) is 60.1. The van der Waals surface area contributed by atoms with Gasteiger partial charge in [0.15, 0.2) is 6.29 Å². The lowest BCUT2D eigenvalue weighted by molar-refractivity contribution is -0.159. The van der Waals surface area contributed by atoms with Gasteiger partial charge in [-0.2, -0.15) is 0 Å². The maximum Gasteiger partial charge on any atom is 0.326 e. The SMILES string of the molecule is NCCOCCOCCOCCOCCC(=O)N(C(=O)CCCCCCCCCCCCCCCCCC[C]=O)[C@@H](CCC(=O)O)C(=O)O. The summed E-state index contributed by atoms with van der Waals surface area (Å²) in [5.74, 6) is -3.91. The molecule has 1 atom stereocenters. The van der Waals surface area contributed by atoms with Crippen LogP contribution in [0.15, 0.2) is 0 Å². The molecule has 2 amide bonds. The Hall–Kier alpha value is -2.45. The predicted molar refractivity (Wildman–Crippen MR) is 186 cm³/mol. The summed E-state index contributed by atoms with van der Waals surface area (Å²) in [7, 11) is 0. The third kappa shape index (κ3) is 30.1. The molecular formula is C36H65N2O11. The van der Waals surface area contributed by atoms with Crippen LogP contribution in [0.5, 0.6) is 0 Å². The Bertz CT molecular complexity index is 844. The molecule has 0 aliphatic heterocycles. The van der Waals surface area contributed by atoms with Gasteiger partial charge in [0.1, 0.15) is 6.04 Å². The molecule has 0 bridgehead atoms. The number of amides is 2. The Morgan fingerprint density at radius 1 is 0.531 bits per heavy atom. The average Bonchev–Trinajstić information content (AvgIpc) is 3.07. The minimum absolute atomic E-state index is 0.0237. The summed E-state index contributed by atoms with van der Waals surface area (Å²) < 4.78 is 21.4. The molecule has 13 nitrogen and oxygen atoms in total. The Kier molecular flexibility index (Phi) is 33.6. The van der Waals surface area contributed by atoms with E-state index in [2.05, 4.69) is 0 Å². The van der Waals surface area contributed by atoms with Gasteiger partial charge in [0.2, 0.25) is 11.8 Å². The van der Waals surface area contributed by atoms with Gasteiger partial charge in [-0.05, 0) is 19.3 Å². The monoisotopic (exact) mass is 701 g/mol. The van der Waals surface area contributed by atoms with Crippen LogP contribution in [0.25, 0.3) is 0 Å². The molecule has 0 aromatic rings. The van der Waals surface area contributed by atoms with Gasteiger partial charge in [-0.25, -0.2) is 4.79 Å². The number of carbonyl (C=O) groups excluding carboxylic acids is 3. The molecule has 0 aromatic heterocycles. The molecule has 13 heteroatoms. The van der Waals surface area contributed by atoms with Crippen molar-refractivity contribution < 1.29 is 53.1 Å². The molecule has 0 rings (SSSR count). The number of nitrogens with zero attached hydrogens (tertiary/aromatic N) is 1. The highest BCUT2D eigenvalue weighted by molar-refractivity contribution is 5.99. The minimum atomic E-state index is -1.54. The van der Waals surface area contributed by atoms with Crippen LogP contribution in [0.3, 0.4) is 0 Å². The fourth-order valence-corrected chi connectivity index (χ4v) is 5.30. The zero-order valence-corrected chi connectivity index (χ0v) is 29.9. The highest BCUT2D eigenvalue weighted by Crippen LogP contribution is 2.17. The lowest BCUT2D eigenvalue weighted by atomic mass is 10.0. The van der Waals surface area contributed by atoms with Crippen LogP contribution < -0.4 is 5.73 Å². The summed E-state index contributed by atoms with van der Waals surface area (Å²) in [6.45, 7) is 3.03. The lowest BCUT2D eigenvalue weighted by Gasteiger charge is -2.27. The molecule has 1 radical (unpaired) electrons. The second kappa shape index (κ2) is 35.4. The normalized spacial score (nSPS) is 11.8. The van der Waals surface area contributed by atoms with Crippen molar-refractivity contribution >= 4 is 30.0 Å². The van der Waals surface area contributed by atoms with Crippen molar-refractivity contribution in [2.75, 3.05) is 59.4 Å². The number of carbonyl (C=O) groups is 4. The number of rotatable bonds is 38.